The van der Waals surface area contributed by atoms with Crippen LogP contribution in [0.15, 0.2) is 0 Å². The van der Waals surface area contributed by atoms with Crippen molar-refractivity contribution in [2.24, 2.45) is 5.41 Å². The van der Waals surface area contributed by atoms with E-state index in [-0.39, 0.29) is 0 Å². The standard InChI is InChI=1S/C8H15NO2S/c1-9-7-6-8(7)2-4-12(10,11)5-3-8/h7,9H,2-6H2,1H3. The maximum absolute atomic E-state index is 11.1. The second kappa shape index (κ2) is 2.45. The Labute approximate surface area is 73.5 Å². The summed E-state index contributed by atoms with van der Waals surface area (Å²) in [7, 11) is -0.712. The lowest BCUT2D eigenvalue weighted by Gasteiger charge is -2.22. The van der Waals surface area contributed by atoms with E-state index in [0.29, 0.717) is 23.0 Å². The Hall–Kier alpha value is -0.0900. The molecule has 1 saturated carbocycles. The van der Waals surface area contributed by atoms with Crippen molar-refractivity contribution < 1.29 is 8.42 Å². The van der Waals surface area contributed by atoms with Crippen LogP contribution in [0.4, 0.5) is 0 Å². The molecule has 1 spiro atoms. The molecule has 2 aliphatic rings. The fraction of sp³-hybridized carbons (Fsp3) is 1.00. The minimum atomic E-state index is -2.67. The molecule has 4 heteroatoms. The van der Waals surface area contributed by atoms with Gasteiger partial charge in [0.05, 0.1) is 11.5 Å². The molecule has 1 N–H and O–H groups in total. The minimum Gasteiger partial charge on any atom is -0.316 e. The van der Waals surface area contributed by atoms with Gasteiger partial charge in [-0.05, 0) is 31.7 Å². The lowest BCUT2D eigenvalue weighted by Crippen LogP contribution is -2.29. The summed E-state index contributed by atoms with van der Waals surface area (Å²) in [6.45, 7) is 0. The van der Waals surface area contributed by atoms with Crippen molar-refractivity contribution in [3.05, 3.63) is 0 Å². The van der Waals surface area contributed by atoms with E-state index in [1.807, 2.05) is 7.05 Å². The van der Waals surface area contributed by atoms with Crippen LogP contribution in [0.3, 0.4) is 0 Å². The lowest BCUT2D eigenvalue weighted by atomic mass is 9.99. The molecule has 12 heavy (non-hydrogen) atoms. The van der Waals surface area contributed by atoms with E-state index in [1.165, 1.54) is 6.42 Å². The third-order valence-electron chi connectivity index (χ3n) is 3.36. The van der Waals surface area contributed by atoms with Gasteiger partial charge >= 0.3 is 0 Å². The SMILES string of the molecule is CNC1CC12CCS(=O)(=O)CC2. The highest BCUT2D eigenvalue weighted by molar-refractivity contribution is 7.91. The molecule has 0 aromatic heterocycles. The monoisotopic (exact) mass is 189 g/mol. The summed E-state index contributed by atoms with van der Waals surface area (Å²) < 4.78 is 22.3. The van der Waals surface area contributed by atoms with Crippen LogP contribution in [0.1, 0.15) is 19.3 Å². The maximum atomic E-state index is 11.1. The number of sulfone groups is 1. The molecule has 0 amide bonds. The molecule has 0 radical (unpaired) electrons. The lowest BCUT2D eigenvalue weighted by molar-refractivity contribution is 0.416. The van der Waals surface area contributed by atoms with Gasteiger partial charge in [-0.3, -0.25) is 0 Å². The molecule has 2 rings (SSSR count). The molecule has 0 aromatic carbocycles. The topological polar surface area (TPSA) is 46.2 Å². The Morgan fingerprint density at radius 2 is 1.92 bits per heavy atom. The zero-order valence-electron chi connectivity index (χ0n) is 7.34. The van der Waals surface area contributed by atoms with Crippen molar-refractivity contribution >= 4 is 9.84 Å². The van der Waals surface area contributed by atoms with Gasteiger partial charge in [-0.25, -0.2) is 8.42 Å². The van der Waals surface area contributed by atoms with E-state index < -0.39 is 9.84 Å². The number of rotatable bonds is 1. The Balaban J connectivity index is 2.01. The largest absolute Gasteiger partial charge is 0.316 e. The fourth-order valence-electron chi connectivity index (χ4n) is 2.25. The summed E-state index contributed by atoms with van der Waals surface area (Å²) in [6, 6.07) is 0.591. The quantitative estimate of drug-likeness (QED) is 0.640. The maximum Gasteiger partial charge on any atom is 0.150 e. The number of hydrogen-bond donors (Lipinski definition) is 1. The first-order chi connectivity index (χ1) is 5.58. The summed E-state index contributed by atoms with van der Waals surface area (Å²) in [5.74, 6) is 0.816. The van der Waals surface area contributed by atoms with Crippen molar-refractivity contribution in [1.29, 1.82) is 0 Å². The van der Waals surface area contributed by atoms with Gasteiger partial charge in [-0.1, -0.05) is 0 Å². The summed E-state index contributed by atoms with van der Waals surface area (Å²) >= 11 is 0. The highest BCUT2D eigenvalue weighted by Gasteiger charge is 2.55. The molecule has 1 saturated heterocycles. The van der Waals surface area contributed by atoms with Gasteiger partial charge in [0, 0.05) is 6.04 Å². The van der Waals surface area contributed by atoms with Crippen LogP contribution in [0, 0.1) is 5.41 Å². The van der Waals surface area contributed by atoms with E-state index in [2.05, 4.69) is 5.32 Å². The average molecular weight is 189 g/mol. The zero-order valence-corrected chi connectivity index (χ0v) is 8.15. The summed E-state index contributed by atoms with van der Waals surface area (Å²) in [6.07, 6.45) is 2.93. The molecule has 70 valence electrons. The molecular formula is C8H15NO2S. The van der Waals surface area contributed by atoms with Crippen LogP contribution in [-0.2, 0) is 9.84 Å². The predicted octanol–water partition coefficient (Wildman–Crippen LogP) is 0.173. The molecule has 1 atom stereocenters. The van der Waals surface area contributed by atoms with Crippen molar-refractivity contribution in [2.45, 2.75) is 25.3 Å². The van der Waals surface area contributed by atoms with Crippen molar-refractivity contribution in [3.8, 4) is 0 Å². The van der Waals surface area contributed by atoms with E-state index in [9.17, 15) is 8.42 Å². The van der Waals surface area contributed by atoms with Crippen molar-refractivity contribution in [3.63, 3.8) is 0 Å². The third-order valence-corrected chi connectivity index (χ3v) is 5.01. The molecule has 3 nitrogen and oxygen atoms in total. The molecule has 2 fully saturated rings. The van der Waals surface area contributed by atoms with Crippen LogP contribution in [0.2, 0.25) is 0 Å². The smallest absolute Gasteiger partial charge is 0.150 e. The van der Waals surface area contributed by atoms with Crippen LogP contribution in [0.5, 0.6) is 0 Å². The Bertz CT molecular complexity index is 269. The summed E-state index contributed by atoms with van der Waals surface area (Å²) in [5, 5.41) is 3.23. The molecular weight excluding hydrogens is 174 g/mol. The second-order valence-corrected chi connectivity index (χ2v) is 6.36. The Morgan fingerprint density at radius 3 is 2.33 bits per heavy atom. The van der Waals surface area contributed by atoms with Crippen LogP contribution in [0.25, 0.3) is 0 Å². The van der Waals surface area contributed by atoms with Gasteiger partial charge in [0.2, 0.25) is 0 Å². The number of nitrogens with one attached hydrogen (secondary N) is 1. The van der Waals surface area contributed by atoms with Crippen LogP contribution >= 0.6 is 0 Å². The van der Waals surface area contributed by atoms with Gasteiger partial charge in [0.25, 0.3) is 0 Å². The normalized spacial score (nSPS) is 36.6. The first-order valence-corrected chi connectivity index (χ1v) is 6.28. The van der Waals surface area contributed by atoms with Gasteiger partial charge in [0.1, 0.15) is 9.84 Å². The van der Waals surface area contributed by atoms with E-state index in [1.54, 1.807) is 0 Å². The van der Waals surface area contributed by atoms with Gasteiger partial charge < -0.3 is 5.32 Å². The Morgan fingerprint density at radius 1 is 1.33 bits per heavy atom. The molecule has 0 bridgehead atoms. The minimum absolute atomic E-state index is 0.361. The van der Waals surface area contributed by atoms with Crippen molar-refractivity contribution in [2.75, 3.05) is 18.6 Å². The Kier molecular flexibility index (Phi) is 1.74. The highest BCUT2D eigenvalue weighted by atomic mass is 32.2. The average Bonchev–Trinajstić information content (AvgIpc) is 2.72. The first-order valence-electron chi connectivity index (χ1n) is 4.46. The van der Waals surface area contributed by atoms with E-state index in [0.717, 1.165) is 12.8 Å². The third kappa shape index (κ3) is 1.27. The van der Waals surface area contributed by atoms with Crippen LogP contribution in [-0.4, -0.2) is 33.0 Å². The molecule has 1 aliphatic heterocycles. The first kappa shape index (κ1) is 8.51. The van der Waals surface area contributed by atoms with Gasteiger partial charge in [-0.15, -0.1) is 0 Å². The fourth-order valence-corrected chi connectivity index (χ4v) is 3.89. The predicted molar refractivity (Wildman–Crippen MR) is 47.8 cm³/mol. The zero-order chi connectivity index (χ0) is 8.82. The van der Waals surface area contributed by atoms with Gasteiger partial charge in [-0.2, -0.15) is 0 Å². The summed E-state index contributed by atoms with van der Waals surface area (Å²) in [5.41, 5.74) is 0.361. The van der Waals surface area contributed by atoms with E-state index >= 15 is 0 Å². The summed E-state index contributed by atoms with van der Waals surface area (Å²) in [4.78, 5) is 0. The van der Waals surface area contributed by atoms with Crippen molar-refractivity contribution in [1.82, 2.24) is 5.32 Å². The number of hydrogen-bond acceptors (Lipinski definition) is 3. The van der Waals surface area contributed by atoms with Crippen LogP contribution < -0.4 is 5.32 Å². The van der Waals surface area contributed by atoms with E-state index in [4.69, 9.17) is 0 Å². The van der Waals surface area contributed by atoms with Gasteiger partial charge in [0.15, 0.2) is 0 Å². The molecule has 0 aromatic rings. The molecule has 1 unspecified atom stereocenters. The second-order valence-electron chi connectivity index (χ2n) is 4.06. The highest BCUT2D eigenvalue weighted by Crippen LogP contribution is 2.54. The molecule has 1 heterocycles. The molecule has 1 aliphatic carbocycles.